The number of para-hydroxylation sites is 1. The minimum Gasteiger partial charge on any atom is -0.410 e. The van der Waals surface area contributed by atoms with Crippen molar-refractivity contribution in [3.63, 3.8) is 0 Å². The number of ether oxygens (including phenoxy) is 2. The van der Waals surface area contributed by atoms with E-state index in [4.69, 9.17) is 9.47 Å². The summed E-state index contributed by atoms with van der Waals surface area (Å²) in [6.45, 7) is 6.86. The van der Waals surface area contributed by atoms with Crippen LogP contribution in [0, 0.1) is 5.92 Å². The molecule has 210 valence electrons. The third kappa shape index (κ3) is 5.86. The standard InChI is InChI=1S/C30H34N4O6/c1-20(2)18-24(31-28(36)21-8-10-22(11-9-21)32-14-16-39-17-15-32)29(37)33-13-12-25-27(33)26(35)19-34(25)30(38)40-23-6-4-3-5-7-23/h3-12,20,24,27H,13-19H2,1-2H3,(H,31,36). The van der Waals surface area contributed by atoms with Gasteiger partial charge in [-0.15, -0.1) is 0 Å². The van der Waals surface area contributed by atoms with Crippen LogP contribution in [0.5, 0.6) is 5.75 Å². The second-order valence-electron chi connectivity index (χ2n) is 10.6. The predicted molar refractivity (Wildman–Crippen MR) is 148 cm³/mol. The molecule has 0 spiro atoms. The second-order valence-corrected chi connectivity index (χ2v) is 10.6. The van der Waals surface area contributed by atoms with Crippen molar-refractivity contribution in [3.8, 4) is 5.75 Å². The Bertz CT molecular complexity index is 1290. The van der Waals surface area contributed by atoms with E-state index < -0.39 is 18.2 Å². The van der Waals surface area contributed by atoms with Crippen LogP contribution in [0.3, 0.4) is 0 Å². The Balaban J connectivity index is 1.26. The van der Waals surface area contributed by atoms with Crippen molar-refractivity contribution in [1.82, 2.24) is 15.1 Å². The lowest BCUT2D eigenvalue weighted by molar-refractivity contribution is -0.137. The van der Waals surface area contributed by atoms with Gasteiger partial charge in [0.1, 0.15) is 17.8 Å². The van der Waals surface area contributed by atoms with E-state index in [-0.39, 0.29) is 36.6 Å². The molecule has 0 aliphatic carbocycles. The van der Waals surface area contributed by atoms with Gasteiger partial charge >= 0.3 is 6.09 Å². The molecular formula is C30H34N4O6. The first-order chi connectivity index (χ1) is 19.3. The molecule has 10 heteroatoms. The van der Waals surface area contributed by atoms with Gasteiger partial charge in [-0.2, -0.15) is 0 Å². The number of likely N-dealkylation sites (tertiary alicyclic amines) is 1. The van der Waals surface area contributed by atoms with Crippen LogP contribution in [0.1, 0.15) is 30.6 Å². The average Bonchev–Trinajstić information content (AvgIpc) is 3.54. The fourth-order valence-corrected chi connectivity index (χ4v) is 5.31. The van der Waals surface area contributed by atoms with E-state index in [9.17, 15) is 19.2 Å². The number of morpholine rings is 1. The molecule has 2 aromatic carbocycles. The molecule has 2 saturated heterocycles. The summed E-state index contributed by atoms with van der Waals surface area (Å²) in [5, 5.41) is 2.90. The van der Waals surface area contributed by atoms with Crippen molar-refractivity contribution in [2.75, 3.05) is 44.3 Å². The van der Waals surface area contributed by atoms with Crippen LogP contribution >= 0.6 is 0 Å². The van der Waals surface area contributed by atoms with Crippen molar-refractivity contribution in [3.05, 3.63) is 71.9 Å². The smallest absolute Gasteiger partial charge is 0.410 e. The van der Waals surface area contributed by atoms with Crippen molar-refractivity contribution >= 4 is 29.4 Å². The molecular weight excluding hydrogens is 512 g/mol. The fourth-order valence-electron chi connectivity index (χ4n) is 5.31. The highest BCUT2D eigenvalue weighted by molar-refractivity contribution is 6.02. The number of rotatable bonds is 7. The number of benzene rings is 2. The van der Waals surface area contributed by atoms with Crippen LogP contribution in [-0.4, -0.2) is 85.0 Å². The molecule has 0 saturated carbocycles. The van der Waals surface area contributed by atoms with Crippen LogP contribution < -0.4 is 15.0 Å². The Labute approximate surface area is 233 Å². The molecule has 40 heavy (non-hydrogen) atoms. The highest BCUT2D eigenvalue weighted by Crippen LogP contribution is 2.31. The first-order valence-corrected chi connectivity index (χ1v) is 13.6. The van der Waals surface area contributed by atoms with Crippen LogP contribution in [0.15, 0.2) is 66.4 Å². The van der Waals surface area contributed by atoms with E-state index in [2.05, 4.69) is 10.2 Å². The van der Waals surface area contributed by atoms with Crippen molar-refractivity contribution in [1.29, 1.82) is 0 Å². The molecule has 5 rings (SSSR count). The monoisotopic (exact) mass is 546 g/mol. The Morgan fingerprint density at radius 3 is 2.40 bits per heavy atom. The van der Waals surface area contributed by atoms with E-state index >= 15 is 0 Å². The summed E-state index contributed by atoms with van der Waals surface area (Å²) in [7, 11) is 0. The summed E-state index contributed by atoms with van der Waals surface area (Å²) >= 11 is 0. The topological polar surface area (TPSA) is 108 Å². The zero-order valence-electron chi connectivity index (χ0n) is 22.7. The van der Waals surface area contributed by atoms with Crippen LogP contribution in [0.25, 0.3) is 0 Å². The fraction of sp³-hybridized carbons (Fsp3) is 0.400. The molecule has 2 aromatic rings. The van der Waals surface area contributed by atoms with Gasteiger partial charge < -0.3 is 24.6 Å². The van der Waals surface area contributed by atoms with Crippen LogP contribution in [0.2, 0.25) is 0 Å². The van der Waals surface area contributed by atoms with Gasteiger partial charge in [0.25, 0.3) is 5.91 Å². The lowest BCUT2D eigenvalue weighted by Crippen LogP contribution is -2.52. The molecule has 0 radical (unpaired) electrons. The maximum atomic E-state index is 13.7. The van der Waals surface area contributed by atoms with E-state index in [1.165, 1.54) is 9.80 Å². The molecule has 3 aliphatic rings. The molecule has 2 fully saturated rings. The highest BCUT2D eigenvalue weighted by atomic mass is 16.6. The largest absolute Gasteiger partial charge is 0.419 e. The van der Waals surface area contributed by atoms with Crippen LogP contribution in [-0.2, 0) is 14.3 Å². The van der Waals surface area contributed by atoms with Gasteiger partial charge in [-0.25, -0.2) is 4.79 Å². The SMILES string of the molecule is CC(C)CC(NC(=O)c1ccc(N2CCOCC2)cc1)C(=O)N1CC=C2C1C(=O)CN2C(=O)Oc1ccccc1. The summed E-state index contributed by atoms with van der Waals surface area (Å²) in [4.78, 5) is 57.7. The Hall–Kier alpha value is -4.18. The first kappa shape index (κ1) is 27.4. The van der Waals surface area contributed by atoms with E-state index in [1.54, 1.807) is 42.5 Å². The molecule has 1 N–H and O–H groups in total. The van der Waals surface area contributed by atoms with Gasteiger partial charge in [-0.3, -0.25) is 19.3 Å². The van der Waals surface area contributed by atoms with Gasteiger partial charge in [-0.1, -0.05) is 32.0 Å². The molecule has 0 aromatic heterocycles. The number of hydrogen-bond acceptors (Lipinski definition) is 7. The molecule has 3 heterocycles. The summed E-state index contributed by atoms with van der Waals surface area (Å²) in [5.74, 6) is -0.492. The minimum atomic E-state index is -0.879. The quantitative estimate of drug-likeness (QED) is 0.569. The van der Waals surface area contributed by atoms with E-state index in [1.807, 2.05) is 32.0 Å². The third-order valence-electron chi connectivity index (χ3n) is 7.29. The van der Waals surface area contributed by atoms with Gasteiger partial charge in [-0.05, 0) is 54.8 Å². The number of Topliss-reactive ketones (excluding diaryl/α,β-unsaturated/α-hetero) is 1. The van der Waals surface area contributed by atoms with E-state index in [0.717, 1.165) is 18.8 Å². The zero-order valence-corrected chi connectivity index (χ0v) is 22.7. The zero-order chi connectivity index (χ0) is 28.2. The lowest BCUT2D eigenvalue weighted by atomic mass is 10.0. The number of amides is 3. The van der Waals surface area contributed by atoms with Crippen molar-refractivity contribution in [2.45, 2.75) is 32.4 Å². The number of nitrogens with zero attached hydrogens (tertiary/aromatic N) is 3. The van der Waals surface area contributed by atoms with Crippen molar-refractivity contribution in [2.24, 2.45) is 5.92 Å². The Kier molecular flexibility index (Phi) is 8.16. The molecule has 0 bridgehead atoms. The predicted octanol–water partition coefficient (Wildman–Crippen LogP) is 2.85. The summed E-state index contributed by atoms with van der Waals surface area (Å²) < 4.78 is 10.8. The van der Waals surface area contributed by atoms with Crippen LogP contribution in [0.4, 0.5) is 10.5 Å². The number of fused-ring (bicyclic) bond motifs is 1. The van der Waals surface area contributed by atoms with Gasteiger partial charge in [0.05, 0.1) is 25.5 Å². The highest BCUT2D eigenvalue weighted by Gasteiger charge is 2.48. The number of hydrogen-bond donors (Lipinski definition) is 1. The second kappa shape index (κ2) is 11.9. The van der Waals surface area contributed by atoms with Gasteiger partial charge in [0.15, 0.2) is 5.78 Å². The maximum Gasteiger partial charge on any atom is 0.419 e. The van der Waals surface area contributed by atoms with Crippen molar-refractivity contribution < 1.29 is 28.7 Å². The number of anilines is 1. The molecule has 2 atom stereocenters. The van der Waals surface area contributed by atoms with E-state index in [0.29, 0.717) is 36.6 Å². The Morgan fingerprint density at radius 2 is 1.73 bits per heavy atom. The lowest BCUT2D eigenvalue weighted by Gasteiger charge is -2.29. The average molecular weight is 547 g/mol. The number of nitrogens with one attached hydrogen (secondary N) is 1. The Morgan fingerprint density at radius 1 is 1.02 bits per heavy atom. The molecule has 3 aliphatic heterocycles. The summed E-state index contributed by atoms with van der Waals surface area (Å²) in [5.41, 5.74) is 1.90. The molecule has 2 unspecified atom stereocenters. The summed E-state index contributed by atoms with van der Waals surface area (Å²) in [6.07, 6.45) is 1.44. The summed E-state index contributed by atoms with van der Waals surface area (Å²) in [6, 6.07) is 14.2. The number of carbonyl (C=O) groups is 4. The minimum absolute atomic E-state index is 0.115. The van der Waals surface area contributed by atoms with Gasteiger partial charge in [0, 0.05) is 30.9 Å². The maximum absolute atomic E-state index is 13.7. The first-order valence-electron chi connectivity index (χ1n) is 13.6. The van der Waals surface area contributed by atoms with Gasteiger partial charge in [0.2, 0.25) is 5.91 Å². The number of carbonyl (C=O) groups excluding carboxylic acids is 4. The number of ketones is 1. The molecule has 3 amide bonds. The molecule has 10 nitrogen and oxygen atoms in total. The normalized spacial score (nSPS) is 19.4. The third-order valence-corrected chi connectivity index (χ3v) is 7.29.